The van der Waals surface area contributed by atoms with Crippen LogP contribution in [0.4, 0.5) is 4.79 Å². The van der Waals surface area contributed by atoms with Crippen LogP contribution in [0.15, 0.2) is 18.5 Å². The lowest BCUT2D eigenvalue weighted by atomic mass is 10.1. The van der Waals surface area contributed by atoms with E-state index in [9.17, 15) is 4.79 Å². The Morgan fingerprint density at radius 1 is 1.73 bits per heavy atom. The van der Waals surface area contributed by atoms with Crippen LogP contribution < -0.4 is 11.1 Å². The monoisotopic (exact) mass is 208 g/mol. The third-order valence-electron chi connectivity index (χ3n) is 2.84. The average Bonchev–Trinajstić information content (AvgIpc) is 2.84. The maximum absolute atomic E-state index is 11.6. The fourth-order valence-electron chi connectivity index (χ4n) is 1.81. The minimum atomic E-state index is -0.0286. The van der Waals surface area contributed by atoms with Gasteiger partial charge in [0.25, 0.3) is 0 Å². The number of carbonyl (C=O) groups excluding carboxylic acids is 1. The van der Waals surface area contributed by atoms with Crippen LogP contribution in [-0.2, 0) is 0 Å². The highest BCUT2D eigenvalue weighted by Crippen LogP contribution is 2.20. The van der Waals surface area contributed by atoms with E-state index < -0.39 is 0 Å². The van der Waals surface area contributed by atoms with E-state index in [2.05, 4.69) is 10.3 Å². The van der Waals surface area contributed by atoms with Crippen molar-refractivity contribution in [1.82, 2.24) is 15.2 Å². The number of carbonyl (C=O) groups is 1. The summed E-state index contributed by atoms with van der Waals surface area (Å²) < 4.78 is 0. The number of amides is 2. The maximum Gasteiger partial charge on any atom is 0.318 e. The van der Waals surface area contributed by atoms with Crippen LogP contribution in [0, 0.1) is 0 Å². The van der Waals surface area contributed by atoms with Gasteiger partial charge in [-0.15, -0.1) is 0 Å². The van der Waals surface area contributed by atoms with Crippen LogP contribution in [0.1, 0.15) is 18.5 Å². The van der Waals surface area contributed by atoms with Crippen LogP contribution in [0.2, 0.25) is 0 Å². The number of urea groups is 1. The van der Waals surface area contributed by atoms with Gasteiger partial charge in [0, 0.05) is 31.5 Å². The predicted molar refractivity (Wildman–Crippen MR) is 57.3 cm³/mol. The van der Waals surface area contributed by atoms with E-state index in [1.165, 1.54) is 0 Å². The van der Waals surface area contributed by atoms with Gasteiger partial charge in [0.05, 0.1) is 6.04 Å². The van der Waals surface area contributed by atoms with Crippen LogP contribution >= 0.6 is 0 Å². The fraction of sp³-hybridized carbons (Fsp3) is 0.500. The van der Waals surface area contributed by atoms with Gasteiger partial charge in [-0.25, -0.2) is 4.79 Å². The fourth-order valence-corrected chi connectivity index (χ4v) is 1.81. The molecule has 0 saturated carbocycles. The second-order valence-electron chi connectivity index (χ2n) is 3.88. The number of nitrogens with two attached hydrogens (primary N) is 1. The van der Waals surface area contributed by atoms with Gasteiger partial charge in [0.2, 0.25) is 0 Å². The third kappa shape index (κ3) is 1.83. The summed E-state index contributed by atoms with van der Waals surface area (Å²) in [7, 11) is 0. The molecule has 1 aliphatic heterocycles. The molecule has 4 N–H and O–H groups in total. The lowest BCUT2D eigenvalue weighted by Crippen LogP contribution is -2.40. The predicted octanol–water partition coefficient (Wildman–Crippen LogP) is 0.428. The summed E-state index contributed by atoms with van der Waals surface area (Å²) in [6.07, 6.45) is 3.76. The standard InChI is InChI=1S/C10H16N4O/c1-7(4-11)14-6-9(13-10(14)15)8-2-3-12-5-8/h2-3,5,7,9,12H,4,6,11H2,1H3,(H,13,15). The number of nitrogens with one attached hydrogen (secondary N) is 2. The Balaban J connectivity index is 2.07. The largest absolute Gasteiger partial charge is 0.367 e. The number of hydrogen-bond donors (Lipinski definition) is 3. The minimum Gasteiger partial charge on any atom is -0.367 e. The first-order valence-electron chi connectivity index (χ1n) is 5.12. The number of nitrogens with zero attached hydrogens (tertiary/aromatic N) is 1. The van der Waals surface area contributed by atoms with Gasteiger partial charge in [-0.05, 0) is 18.6 Å². The van der Waals surface area contributed by atoms with Gasteiger partial charge in [0.15, 0.2) is 0 Å². The number of aromatic nitrogens is 1. The van der Waals surface area contributed by atoms with E-state index in [0.717, 1.165) is 5.56 Å². The molecule has 82 valence electrons. The number of hydrogen-bond acceptors (Lipinski definition) is 2. The lowest BCUT2D eigenvalue weighted by Gasteiger charge is -2.21. The minimum absolute atomic E-state index is 0.0286. The van der Waals surface area contributed by atoms with Gasteiger partial charge in [0.1, 0.15) is 0 Å². The van der Waals surface area contributed by atoms with Crippen LogP contribution in [0.5, 0.6) is 0 Å². The lowest BCUT2D eigenvalue weighted by molar-refractivity contribution is 0.203. The average molecular weight is 208 g/mol. The summed E-state index contributed by atoms with van der Waals surface area (Å²) in [6, 6.07) is 2.12. The van der Waals surface area contributed by atoms with Crippen molar-refractivity contribution in [2.75, 3.05) is 13.1 Å². The van der Waals surface area contributed by atoms with Crippen LogP contribution in [0.25, 0.3) is 0 Å². The Labute approximate surface area is 88.6 Å². The summed E-state index contributed by atoms with van der Waals surface area (Å²) in [5, 5.41) is 2.93. The van der Waals surface area contributed by atoms with E-state index >= 15 is 0 Å². The molecule has 15 heavy (non-hydrogen) atoms. The molecule has 2 atom stereocenters. The second kappa shape index (κ2) is 3.94. The Morgan fingerprint density at radius 3 is 3.13 bits per heavy atom. The Kier molecular flexibility index (Phi) is 2.64. The molecule has 1 fully saturated rings. The highest BCUT2D eigenvalue weighted by Gasteiger charge is 2.32. The normalized spacial score (nSPS) is 22.9. The quantitative estimate of drug-likeness (QED) is 0.673. The second-order valence-corrected chi connectivity index (χ2v) is 3.88. The zero-order valence-corrected chi connectivity index (χ0v) is 8.73. The molecule has 1 aromatic heterocycles. The molecular weight excluding hydrogens is 192 g/mol. The van der Waals surface area contributed by atoms with Crippen molar-refractivity contribution in [3.05, 3.63) is 24.0 Å². The van der Waals surface area contributed by atoms with Crippen molar-refractivity contribution in [2.24, 2.45) is 5.73 Å². The summed E-state index contributed by atoms with van der Waals surface area (Å²) in [6.45, 7) is 3.14. The van der Waals surface area contributed by atoms with Crippen molar-refractivity contribution in [2.45, 2.75) is 19.0 Å². The molecule has 2 rings (SSSR count). The molecule has 1 aliphatic rings. The van der Waals surface area contributed by atoms with Crippen LogP contribution in [-0.4, -0.2) is 35.0 Å². The van der Waals surface area contributed by atoms with Crippen LogP contribution in [0.3, 0.4) is 0 Å². The van der Waals surface area contributed by atoms with Gasteiger partial charge in [-0.1, -0.05) is 0 Å². The molecule has 0 aliphatic carbocycles. The van der Waals surface area contributed by atoms with Gasteiger partial charge in [-0.2, -0.15) is 0 Å². The van der Waals surface area contributed by atoms with Crippen molar-refractivity contribution in [3.8, 4) is 0 Å². The van der Waals surface area contributed by atoms with Crippen molar-refractivity contribution in [1.29, 1.82) is 0 Å². The molecule has 5 nitrogen and oxygen atoms in total. The molecule has 5 heteroatoms. The number of rotatable bonds is 3. The van der Waals surface area contributed by atoms with Crippen molar-refractivity contribution >= 4 is 6.03 Å². The molecule has 0 bridgehead atoms. The van der Waals surface area contributed by atoms with Gasteiger partial charge in [-0.3, -0.25) is 0 Å². The molecule has 2 amide bonds. The summed E-state index contributed by atoms with van der Waals surface area (Å²) >= 11 is 0. The maximum atomic E-state index is 11.6. The summed E-state index contributed by atoms with van der Waals surface area (Å²) in [4.78, 5) is 16.4. The smallest absolute Gasteiger partial charge is 0.318 e. The number of H-pyrrole nitrogens is 1. The van der Waals surface area contributed by atoms with Crippen molar-refractivity contribution < 1.29 is 4.79 Å². The zero-order chi connectivity index (χ0) is 10.8. The first-order valence-corrected chi connectivity index (χ1v) is 5.12. The SMILES string of the molecule is CC(CN)N1CC(c2cc[nH]c2)NC1=O. The Hall–Kier alpha value is -1.49. The van der Waals surface area contributed by atoms with E-state index in [1.807, 2.05) is 25.4 Å². The van der Waals surface area contributed by atoms with E-state index in [0.29, 0.717) is 13.1 Å². The molecule has 2 unspecified atom stereocenters. The number of aromatic amines is 1. The highest BCUT2D eigenvalue weighted by molar-refractivity contribution is 5.77. The molecule has 0 spiro atoms. The molecule has 1 saturated heterocycles. The summed E-state index contributed by atoms with van der Waals surface area (Å²) in [5.74, 6) is 0. The molecule has 2 heterocycles. The molecule has 1 aromatic rings. The molecule has 0 radical (unpaired) electrons. The van der Waals surface area contributed by atoms with Gasteiger partial charge < -0.3 is 20.9 Å². The first-order chi connectivity index (χ1) is 7.22. The first kappa shape index (κ1) is 10.0. The Morgan fingerprint density at radius 2 is 2.53 bits per heavy atom. The third-order valence-corrected chi connectivity index (χ3v) is 2.84. The summed E-state index contributed by atoms with van der Waals surface area (Å²) in [5.41, 5.74) is 6.66. The highest BCUT2D eigenvalue weighted by atomic mass is 16.2. The topological polar surface area (TPSA) is 74.2 Å². The van der Waals surface area contributed by atoms with E-state index in [-0.39, 0.29) is 18.1 Å². The molecule has 0 aromatic carbocycles. The molecular formula is C10H16N4O. The zero-order valence-electron chi connectivity index (χ0n) is 8.73. The van der Waals surface area contributed by atoms with Crippen molar-refractivity contribution in [3.63, 3.8) is 0 Å². The van der Waals surface area contributed by atoms with E-state index in [4.69, 9.17) is 5.73 Å². The van der Waals surface area contributed by atoms with Gasteiger partial charge >= 0.3 is 6.03 Å². The van der Waals surface area contributed by atoms with E-state index in [1.54, 1.807) is 4.90 Å². The Bertz CT molecular complexity index is 335.